The molecule has 0 aliphatic rings. The van der Waals surface area contributed by atoms with E-state index >= 15 is 0 Å². The van der Waals surface area contributed by atoms with Gasteiger partial charge in [-0.25, -0.2) is 0 Å². The van der Waals surface area contributed by atoms with Crippen LogP contribution in [-0.2, 0) is 0 Å². The maximum atomic E-state index is 12.3. The van der Waals surface area contributed by atoms with Crippen molar-refractivity contribution >= 4 is 23.2 Å². The number of benzene rings is 1. The fourth-order valence-electron chi connectivity index (χ4n) is 2.35. The zero-order chi connectivity index (χ0) is 17.1. The van der Waals surface area contributed by atoms with Gasteiger partial charge in [0, 0.05) is 11.8 Å². The Bertz CT molecular complexity index is 1020. The van der Waals surface area contributed by atoms with Gasteiger partial charge in [-0.1, -0.05) is 48.2 Å². The van der Waals surface area contributed by atoms with Gasteiger partial charge in [-0.2, -0.15) is 9.61 Å². The van der Waals surface area contributed by atoms with E-state index in [1.165, 1.54) is 11.8 Å². The van der Waals surface area contributed by atoms with Crippen molar-refractivity contribution in [2.24, 2.45) is 0 Å². The lowest BCUT2D eigenvalue weighted by Gasteiger charge is -2.02. The molecule has 7 heteroatoms. The van der Waals surface area contributed by atoms with Crippen LogP contribution in [0.2, 0.25) is 0 Å². The Balaban J connectivity index is 1.59. The van der Waals surface area contributed by atoms with Crippen LogP contribution in [0.25, 0.3) is 17.0 Å². The second kappa shape index (κ2) is 6.82. The number of thioether (sulfide) groups is 1. The topological polar surface area (TPSA) is 73.0 Å². The average molecular weight is 347 g/mol. The highest BCUT2D eigenvalue weighted by molar-refractivity contribution is 7.99. The Morgan fingerprint density at radius 3 is 2.56 bits per heavy atom. The van der Waals surface area contributed by atoms with Gasteiger partial charge in [-0.15, -0.1) is 10.2 Å². The first-order chi connectivity index (χ1) is 12.3. The molecule has 0 saturated carbocycles. The van der Waals surface area contributed by atoms with Crippen LogP contribution in [0.3, 0.4) is 0 Å². The molecular formula is C18H13N5OS. The van der Waals surface area contributed by atoms with Crippen molar-refractivity contribution in [3.05, 3.63) is 72.4 Å². The molecule has 0 radical (unpaired) electrons. The summed E-state index contributed by atoms with van der Waals surface area (Å²) in [6.07, 6.45) is 1.72. The summed E-state index contributed by atoms with van der Waals surface area (Å²) in [7, 11) is 0. The molecule has 0 bridgehead atoms. The van der Waals surface area contributed by atoms with Crippen LogP contribution < -0.4 is 0 Å². The van der Waals surface area contributed by atoms with Gasteiger partial charge in [0.25, 0.3) is 0 Å². The number of rotatable bonds is 5. The number of carbonyl (C=O) groups is 1. The zero-order valence-electron chi connectivity index (χ0n) is 13.1. The van der Waals surface area contributed by atoms with Crippen molar-refractivity contribution in [1.29, 1.82) is 0 Å². The fraction of sp³-hybridized carbons (Fsp3) is 0.0556. The SMILES string of the molecule is O=C(CSc1nnc2ccc(-c3ccccn3)nn12)c1ccccc1. The van der Waals surface area contributed by atoms with E-state index in [0.717, 1.165) is 11.4 Å². The summed E-state index contributed by atoms with van der Waals surface area (Å²) in [4.78, 5) is 16.6. The predicted octanol–water partition coefficient (Wildman–Crippen LogP) is 3.16. The van der Waals surface area contributed by atoms with Crippen molar-refractivity contribution in [2.45, 2.75) is 5.16 Å². The second-order valence-electron chi connectivity index (χ2n) is 5.26. The standard InChI is InChI=1S/C18H13N5OS/c24-16(13-6-2-1-3-7-13)12-25-18-21-20-17-10-9-15(22-23(17)18)14-8-4-5-11-19-14/h1-11H,12H2. The molecule has 3 heterocycles. The third-order valence-electron chi connectivity index (χ3n) is 3.59. The molecule has 4 aromatic rings. The summed E-state index contributed by atoms with van der Waals surface area (Å²) >= 11 is 1.32. The molecule has 25 heavy (non-hydrogen) atoms. The van der Waals surface area contributed by atoms with Crippen LogP contribution >= 0.6 is 11.8 Å². The minimum absolute atomic E-state index is 0.0447. The smallest absolute Gasteiger partial charge is 0.212 e. The Labute approximate surface area is 147 Å². The molecule has 3 aromatic heterocycles. The molecule has 1 aromatic carbocycles. The van der Waals surface area contributed by atoms with Gasteiger partial charge in [0.2, 0.25) is 5.16 Å². The third kappa shape index (κ3) is 3.27. The lowest BCUT2D eigenvalue weighted by molar-refractivity contribution is 0.102. The number of nitrogens with zero attached hydrogens (tertiary/aromatic N) is 5. The van der Waals surface area contributed by atoms with Gasteiger partial charge in [0.05, 0.1) is 11.4 Å². The molecule has 0 aliphatic carbocycles. The first kappa shape index (κ1) is 15.5. The summed E-state index contributed by atoms with van der Waals surface area (Å²) in [6, 6.07) is 18.6. The van der Waals surface area contributed by atoms with Gasteiger partial charge >= 0.3 is 0 Å². The van der Waals surface area contributed by atoms with E-state index in [9.17, 15) is 4.79 Å². The number of carbonyl (C=O) groups excluding carboxylic acids is 1. The zero-order valence-corrected chi connectivity index (χ0v) is 13.9. The summed E-state index contributed by atoms with van der Waals surface area (Å²) < 4.78 is 1.65. The van der Waals surface area contributed by atoms with E-state index in [1.54, 1.807) is 10.7 Å². The number of Topliss-reactive ketones (excluding diaryl/α,β-unsaturated/α-hetero) is 1. The van der Waals surface area contributed by atoms with Gasteiger partial charge in [0.1, 0.15) is 5.69 Å². The first-order valence-corrected chi connectivity index (χ1v) is 8.65. The van der Waals surface area contributed by atoms with Crippen LogP contribution in [0.15, 0.2) is 72.0 Å². The molecule has 0 atom stereocenters. The molecule has 0 unspecified atom stereocenters. The van der Waals surface area contributed by atoms with Crippen LogP contribution in [0.1, 0.15) is 10.4 Å². The molecule has 4 rings (SSSR count). The summed E-state index contributed by atoms with van der Waals surface area (Å²) in [6.45, 7) is 0. The van der Waals surface area contributed by atoms with Gasteiger partial charge in [-0.05, 0) is 24.3 Å². The minimum atomic E-state index is 0.0447. The van der Waals surface area contributed by atoms with E-state index in [-0.39, 0.29) is 11.5 Å². The lowest BCUT2D eigenvalue weighted by atomic mass is 10.2. The maximum absolute atomic E-state index is 12.3. The number of hydrogen-bond donors (Lipinski definition) is 0. The summed E-state index contributed by atoms with van der Waals surface area (Å²) in [5.74, 6) is 0.323. The summed E-state index contributed by atoms with van der Waals surface area (Å²) in [5.41, 5.74) is 2.82. The predicted molar refractivity (Wildman–Crippen MR) is 95.5 cm³/mol. The van der Waals surface area contributed by atoms with Crippen LogP contribution in [-0.4, -0.2) is 36.3 Å². The highest BCUT2D eigenvalue weighted by Crippen LogP contribution is 2.20. The van der Waals surface area contributed by atoms with Crippen molar-refractivity contribution in [3.63, 3.8) is 0 Å². The summed E-state index contributed by atoms with van der Waals surface area (Å²) in [5, 5.41) is 13.4. The van der Waals surface area contributed by atoms with Crippen molar-refractivity contribution in [1.82, 2.24) is 24.8 Å². The normalized spacial score (nSPS) is 10.9. The monoisotopic (exact) mass is 347 g/mol. The lowest BCUT2D eigenvalue weighted by Crippen LogP contribution is -2.03. The Kier molecular flexibility index (Phi) is 4.22. The van der Waals surface area contributed by atoms with Crippen molar-refractivity contribution in [2.75, 3.05) is 5.75 Å². The molecule has 6 nitrogen and oxygen atoms in total. The Morgan fingerprint density at radius 2 is 1.76 bits per heavy atom. The average Bonchev–Trinajstić information content (AvgIpc) is 3.10. The van der Waals surface area contributed by atoms with Gasteiger partial charge in [-0.3, -0.25) is 9.78 Å². The molecule has 0 aliphatic heterocycles. The van der Waals surface area contributed by atoms with E-state index in [0.29, 0.717) is 16.4 Å². The van der Waals surface area contributed by atoms with E-state index in [1.807, 2.05) is 60.7 Å². The Morgan fingerprint density at radius 1 is 0.920 bits per heavy atom. The number of pyridine rings is 1. The number of ketones is 1. The molecular weight excluding hydrogens is 334 g/mol. The molecule has 0 fully saturated rings. The largest absolute Gasteiger partial charge is 0.293 e. The third-order valence-corrected chi connectivity index (χ3v) is 4.51. The Hall–Kier alpha value is -3.06. The molecule has 0 spiro atoms. The first-order valence-electron chi connectivity index (χ1n) is 7.66. The fourth-order valence-corrected chi connectivity index (χ4v) is 3.13. The highest BCUT2D eigenvalue weighted by Gasteiger charge is 2.12. The van der Waals surface area contributed by atoms with Gasteiger partial charge < -0.3 is 0 Å². The molecule has 122 valence electrons. The second-order valence-corrected chi connectivity index (χ2v) is 6.21. The minimum Gasteiger partial charge on any atom is -0.293 e. The maximum Gasteiger partial charge on any atom is 0.212 e. The van der Waals surface area contributed by atoms with Crippen LogP contribution in [0.5, 0.6) is 0 Å². The number of fused-ring (bicyclic) bond motifs is 1. The van der Waals surface area contributed by atoms with E-state index < -0.39 is 0 Å². The van der Waals surface area contributed by atoms with Crippen molar-refractivity contribution in [3.8, 4) is 11.4 Å². The molecule has 0 amide bonds. The van der Waals surface area contributed by atoms with E-state index in [2.05, 4.69) is 20.3 Å². The molecule has 0 saturated heterocycles. The van der Waals surface area contributed by atoms with Crippen LogP contribution in [0, 0.1) is 0 Å². The van der Waals surface area contributed by atoms with E-state index in [4.69, 9.17) is 0 Å². The number of hydrogen-bond acceptors (Lipinski definition) is 6. The van der Waals surface area contributed by atoms with Crippen LogP contribution in [0.4, 0.5) is 0 Å². The quantitative estimate of drug-likeness (QED) is 0.408. The highest BCUT2D eigenvalue weighted by atomic mass is 32.2. The van der Waals surface area contributed by atoms with Crippen molar-refractivity contribution < 1.29 is 4.79 Å². The number of aromatic nitrogens is 5. The molecule has 0 N–H and O–H groups in total. The van der Waals surface area contributed by atoms with Gasteiger partial charge in [0.15, 0.2) is 11.4 Å².